The van der Waals surface area contributed by atoms with Crippen molar-refractivity contribution < 1.29 is 4.57 Å². The highest BCUT2D eigenvalue weighted by Gasteiger charge is 2.04. The summed E-state index contributed by atoms with van der Waals surface area (Å²) in [7, 11) is -2.01. The van der Waals surface area contributed by atoms with Gasteiger partial charge in [0.05, 0.1) is 7.14 Å². The van der Waals surface area contributed by atoms with Gasteiger partial charge in [-0.15, -0.1) is 0 Å². The molecule has 0 saturated carbocycles. The zero-order chi connectivity index (χ0) is 13.1. The SMILES string of the molecule is Cc1cn(/C=C\CCP(C)(C)=O)c(=O)[nH]c1=O. The molecule has 0 aliphatic rings. The molecular weight excluding hydrogens is 239 g/mol. The van der Waals surface area contributed by atoms with Crippen molar-refractivity contribution in [3.05, 3.63) is 38.7 Å². The normalized spacial score (nSPS) is 12.2. The number of nitrogens with zero attached hydrogens (tertiary/aromatic N) is 1. The van der Waals surface area contributed by atoms with Gasteiger partial charge in [0.2, 0.25) is 0 Å². The van der Waals surface area contributed by atoms with E-state index in [2.05, 4.69) is 4.98 Å². The Balaban J connectivity index is 2.79. The zero-order valence-corrected chi connectivity index (χ0v) is 11.2. The van der Waals surface area contributed by atoms with Crippen molar-refractivity contribution in [2.75, 3.05) is 19.5 Å². The lowest BCUT2D eigenvalue weighted by Gasteiger charge is -2.02. The van der Waals surface area contributed by atoms with Crippen molar-refractivity contribution >= 4 is 13.3 Å². The van der Waals surface area contributed by atoms with Crippen LogP contribution in [0.1, 0.15) is 12.0 Å². The Kier molecular flexibility index (Phi) is 4.29. The first-order valence-corrected chi connectivity index (χ1v) is 8.11. The highest BCUT2D eigenvalue weighted by Crippen LogP contribution is 2.36. The van der Waals surface area contributed by atoms with E-state index in [4.69, 9.17) is 0 Å². The first-order chi connectivity index (χ1) is 7.79. The van der Waals surface area contributed by atoms with Crippen LogP contribution in [-0.4, -0.2) is 29.0 Å². The van der Waals surface area contributed by atoms with Crippen LogP contribution in [0.25, 0.3) is 6.20 Å². The first kappa shape index (κ1) is 13.7. The summed E-state index contributed by atoms with van der Waals surface area (Å²) in [5, 5.41) is 0. The summed E-state index contributed by atoms with van der Waals surface area (Å²) in [6, 6.07) is 0. The molecule has 1 aromatic rings. The average Bonchev–Trinajstić information content (AvgIpc) is 2.18. The van der Waals surface area contributed by atoms with Gasteiger partial charge in [-0.1, -0.05) is 6.08 Å². The molecule has 0 amide bonds. The highest BCUT2D eigenvalue weighted by molar-refractivity contribution is 7.62. The Bertz CT molecular complexity index is 577. The Morgan fingerprint density at radius 3 is 2.65 bits per heavy atom. The average molecular weight is 256 g/mol. The first-order valence-electron chi connectivity index (χ1n) is 5.32. The van der Waals surface area contributed by atoms with E-state index in [0.29, 0.717) is 18.1 Å². The molecule has 1 heterocycles. The van der Waals surface area contributed by atoms with Crippen LogP contribution in [0.15, 0.2) is 21.9 Å². The van der Waals surface area contributed by atoms with E-state index in [1.54, 1.807) is 32.5 Å². The molecule has 17 heavy (non-hydrogen) atoms. The molecule has 0 spiro atoms. The number of aryl methyl sites for hydroxylation is 1. The van der Waals surface area contributed by atoms with Crippen LogP contribution in [0.3, 0.4) is 0 Å². The van der Waals surface area contributed by atoms with E-state index in [1.807, 2.05) is 0 Å². The molecule has 5 nitrogen and oxygen atoms in total. The molecule has 0 aliphatic carbocycles. The number of aromatic nitrogens is 2. The van der Waals surface area contributed by atoms with Gasteiger partial charge in [-0.2, -0.15) is 0 Å². The van der Waals surface area contributed by atoms with Gasteiger partial charge in [0, 0.05) is 24.1 Å². The number of rotatable bonds is 4. The topological polar surface area (TPSA) is 71.9 Å². The summed E-state index contributed by atoms with van der Waals surface area (Å²) in [5.41, 5.74) is -0.356. The molecule has 94 valence electrons. The highest BCUT2D eigenvalue weighted by atomic mass is 31.2. The molecule has 1 aromatic heterocycles. The summed E-state index contributed by atoms with van der Waals surface area (Å²) in [4.78, 5) is 24.7. The zero-order valence-electron chi connectivity index (χ0n) is 10.3. The molecule has 6 heteroatoms. The van der Waals surface area contributed by atoms with Crippen LogP contribution in [0.2, 0.25) is 0 Å². The summed E-state index contributed by atoms with van der Waals surface area (Å²) in [5.74, 6) is 0. The van der Waals surface area contributed by atoms with Gasteiger partial charge in [-0.3, -0.25) is 14.3 Å². The number of aromatic amines is 1. The van der Waals surface area contributed by atoms with E-state index in [-0.39, 0.29) is 5.56 Å². The van der Waals surface area contributed by atoms with E-state index in [1.165, 1.54) is 10.8 Å². The fraction of sp³-hybridized carbons (Fsp3) is 0.455. The smallest absolute Gasteiger partial charge is 0.324 e. The number of hydrogen-bond acceptors (Lipinski definition) is 3. The van der Waals surface area contributed by atoms with Crippen LogP contribution in [-0.2, 0) is 4.57 Å². The number of nitrogens with one attached hydrogen (secondary N) is 1. The van der Waals surface area contributed by atoms with E-state index < -0.39 is 12.8 Å². The van der Waals surface area contributed by atoms with Gasteiger partial charge in [0.15, 0.2) is 0 Å². The molecule has 0 aliphatic heterocycles. The Morgan fingerprint density at radius 1 is 1.41 bits per heavy atom. The van der Waals surface area contributed by atoms with Crippen molar-refractivity contribution in [2.24, 2.45) is 0 Å². The molecule has 1 rings (SSSR count). The lowest BCUT2D eigenvalue weighted by atomic mass is 10.4. The van der Waals surface area contributed by atoms with Crippen molar-refractivity contribution in [1.82, 2.24) is 9.55 Å². The molecule has 0 bridgehead atoms. The largest absolute Gasteiger partial charge is 0.332 e. The maximum atomic E-state index is 11.4. The summed E-state index contributed by atoms with van der Waals surface area (Å²) < 4.78 is 12.8. The Labute approximate surface area is 99.6 Å². The van der Waals surface area contributed by atoms with Crippen molar-refractivity contribution in [2.45, 2.75) is 13.3 Å². The fourth-order valence-electron chi connectivity index (χ4n) is 1.27. The lowest BCUT2D eigenvalue weighted by Crippen LogP contribution is -2.28. The second kappa shape index (κ2) is 5.32. The van der Waals surface area contributed by atoms with E-state index in [0.717, 1.165) is 0 Å². The van der Waals surface area contributed by atoms with E-state index in [9.17, 15) is 14.2 Å². The molecule has 1 N–H and O–H groups in total. The maximum Gasteiger partial charge on any atom is 0.332 e. The van der Waals surface area contributed by atoms with Gasteiger partial charge in [0.25, 0.3) is 5.56 Å². The van der Waals surface area contributed by atoms with Crippen molar-refractivity contribution in [1.29, 1.82) is 0 Å². The van der Waals surface area contributed by atoms with Crippen LogP contribution in [0, 0.1) is 6.92 Å². The second-order valence-corrected chi connectivity index (χ2v) is 8.04. The summed E-state index contributed by atoms with van der Waals surface area (Å²) in [6.45, 7) is 5.10. The maximum absolute atomic E-state index is 11.4. The quantitative estimate of drug-likeness (QED) is 0.826. The fourth-order valence-corrected chi connectivity index (χ4v) is 2.04. The summed E-state index contributed by atoms with van der Waals surface area (Å²) in [6.07, 6.45) is 6.10. The molecule has 0 radical (unpaired) electrons. The minimum absolute atomic E-state index is 0.369. The minimum Gasteiger partial charge on any atom is -0.324 e. The number of allylic oxidation sites excluding steroid dienone is 1. The van der Waals surface area contributed by atoms with Crippen LogP contribution in [0.5, 0.6) is 0 Å². The molecule has 0 fully saturated rings. The van der Waals surface area contributed by atoms with Crippen molar-refractivity contribution in [3.63, 3.8) is 0 Å². The molecule has 0 saturated heterocycles. The predicted molar refractivity (Wildman–Crippen MR) is 70.3 cm³/mol. The Hall–Kier alpha value is -1.35. The van der Waals surface area contributed by atoms with Gasteiger partial charge in [-0.05, 0) is 26.7 Å². The predicted octanol–water partition coefficient (Wildman–Crippen LogP) is 1.33. The third kappa shape index (κ3) is 4.57. The van der Waals surface area contributed by atoms with Gasteiger partial charge in [-0.25, -0.2) is 4.79 Å². The van der Waals surface area contributed by atoms with Crippen LogP contribution >= 0.6 is 7.14 Å². The standard InChI is InChI=1S/C11H17N2O3P/c1-9-8-13(11(15)12-10(9)14)6-4-5-7-17(2,3)16/h4,6,8H,5,7H2,1-3H3,(H,12,14,15)/b6-4-. The number of H-pyrrole nitrogens is 1. The lowest BCUT2D eigenvalue weighted by molar-refractivity contribution is 0.582. The Morgan fingerprint density at radius 2 is 2.06 bits per heavy atom. The minimum atomic E-state index is -2.01. The van der Waals surface area contributed by atoms with Gasteiger partial charge < -0.3 is 4.57 Å². The molecule has 0 atom stereocenters. The second-order valence-electron chi connectivity index (χ2n) is 4.45. The van der Waals surface area contributed by atoms with E-state index >= 15 is 0 Å². The third-order valence-corrected chi connectivity index (χ3v) is 3.58. The third-order valence-electron chi connectivity index (χ3n) is 2.25. The molecule has 0 aromatic carbocycles. The number of hydrogen-bond donors (Lipinski definition) is 1. The van der Waals surface area contributed by atoms with Crippen LogP contribution < -0.4 is 11.2 Å². The van der Waals surface area contributed by atoms with Crippen molar-refractivity contribution in [3.8, 4) is 0 Å². The van der Waals surface area contributed by atoms with Gasteiger partial charge >= 0.3 is 5.69 Å². The summed E-state index contributed by atoms with van der Waals surface area (Å²) >= 11 is 0. The molecular formula is C11H17N2O3P. The van der Waals surface area contributed by atoms with Crippen LogP contribution in [0.4, 0.5) is 0 Å². The monoisotopic (exact) mass is 256 g/mol. The van der Waals surface area contributed by atoms with Gasteiger partial charge in [0.1, 0.15) is 0 Å². The molecule has 0 unspecified atom stereocenters.